The fourth-order valence-corrected chi connectivity index (χ4v) is 2.84. The number of ether oxygens (including phenoxy) is 1. The molecule has 0 unspecified atom stereocenters. The summed E-state index contributed by atoms with van der Waals surface area (Å²) < 4.78 is 20.7. The molecule has 0 spiro atoms. The molecule has 1 aromatic heterocycles. The van der Waals surface area contributed by atoms with Gasteiger partial charge >= 0.3 is 0 Å². The Morgan fingerprint density at radius 2 is 2.29 bits per heavy atom. The summed E-state index contributed by atoms with van der Waals surface area (Å²) in [6.07, 6.45) is 7.12. The van der Waals surface area contributed by atoms with E-state index in [9.17, 15) is 9.18 Å². The second-order valence-corrected chi connectivity index (χ2v) is 5.51. The summed E-state index contributed by atoms with van der Waals surface area (Å²) in [6.45, 7) is 1.50. The summed E-state index contributed by atoms with van der Waals surface area (Å²) >= 11 is 0. The van der Waals surface area contributed by atoms with Crippen LogP contribution in [0, 0.1) is 5.82 Å². The molecule has 1 fully saturated rings. The fourth-order valence-electron chi connectivity index (χ4n) is 2.84. The largest absolute Gasteiger partial charge is 0.378 e. The Bertz CT molecular complexity index is 678. The van der Waals surface area contributed by atoms with Crippen LogP contribution in [0.2, 0.25) is 0 Å². The van der Waals surface area contributed by atoms with Gasteiger partial charge in [0.05, 0.1) is 17.8 Å². The lowest BCUT2D eigenvalue weighted by atomic mass is 10.1. The van der Waals surface area contributed by atoms with Crippen LogP contribution < -0.4 is 5.56 Å². The van der Waals surface area contributed by atoms with Crippen molar-refractivity contribution in [1.29, 1.82) is 0 Å². The smallest absolute Gasteiger partial charge is 0.261 e. The van der Waals surface area contributed by atoms with Crippen LogP contribution in [0.4, 0.5) is 4.39 Å². The highest BCUT2D eigenvalue weighted by Gasteiger charge is 2.14. The highest BCUT2D eigenvalue weighted by molar-refractivity contribution is 5.77. The number of unbranched alkanes of at least 4 members (excludes halogenated alkanes) is 1. The van der Waals surface area contributed by atoms with E-state index in [0.717, 1.165) is 38.7 Å². The predicted octanol–water partition coefficient (Wildman–Crippen LogP) is 2.88. The first kappa shape index (κ1) is 14.2. The maximum Gasteiger partial charge on any atom is 0.261 e. The topological polar surface area (TPSA) is 44.1 Å². The van der Waals surface area contributed by atoms with E-state index in [-0.39, 0.29) is 11.1 Å². The van der Waals surface area contributed by atoms with Crippen molar-refractivity contribution in [3.05, 3.63) is 40.7 Å². The number of aromatic nitrogens is 2. The van der Waals surface area contributed by atoms with Crippen LogP contribution in [0.5, 0.6) is 0 Å². The number of halogens is 1. The van der Waals surface area contributed by atoms with Crippen LogP contribution in [-0.2, 0) is 11.3 Å². The van der Waals surface area contributed by atoms with Gasteiger partial charge in [-0.1, -0.05) is 6.07 Å². The van der Waals surface area contributed by atoms with Gasteiger partial charge in [0.1, 0.15) is 11.3 Å². The van der Waals surface area contributed by atoms with Crippen molar-refractivity contribution in [2.45, 2.75) is 44.8 Å². The lowest BCUT2D eigenvalue weighted by molar-refractivity contribution is 0.102. The summed E-state index contributed by atoms with van der Waals surface area (Å²) in [6, 6.07) is 4.49. The summed E-state index contributed by atoms with van der Waals surface area (Å²) in [5, 5.41) is 0.344. The molecule has 0 N–H and O–H groups in total. The minimum atomic E-state index is -0.449. The first-order chi connectivity index (χ1) is 10.3. The van der Waals surface area contributed by atoms with Gasteiger partial charge in [-0.05, 0) is 44.2 Å². The highest BCUT2D eigenvalue weighted by atomic mass is 19.1. The first-order valence-corrected chi connectivity index (χ1v) is 7.51. The molecule has 0 amide bonds. The molecule has 1 atom stereocenters. The third kappa shape index (κ3) is 3.13. The van der Waals surface area contributed by atoms with Crippen molar-refractivity contribution >= 4 is 10.9 Å². The van der Waals surface area contributed by atoms with E-state index >= 15 is 0 Å². The molecule has 3 rings (SSSR count). The fraction of sp³-hybridized carbons (Fsp3) is 0.500. The van der Waals surface area contributed by atoms with E-state index in [1.54, 1.807) is 16.7 Å². The normalized spacial score (nSPS) is 18.4. The van der Waals surface area contributed by atoms with E-state index in [1.807, 2.05) is 0 Å². The lowest BCUT2D eigenvalue weighted by Gasteiger charge is -2.10. The number of aryl methyl sites for hydroxylation is 1. The number of nitrogens with zero attached hydrogens (tertiary/aromatic N) is 2. The zero-order valence-corrected chi connectivity index (χ0v) is 11.9. The van der Waals surface area contributed by atoms with Crippen molar-refractivity contribution in [3.63, 3.8) is 0 Å². The van der Waals surface area contributed by atoms with E-state index in [0.29, 0.717) is 18.0 Å². The Balaban J connectivity index is 1.64. The molecular weight excluding hydrogens is 271 g/mol. The van der Waals surface area contributed by atoms with Gasteiger partial charge in [-0.3, -0.25) is 9.36 Å². The van der Waals surface area contributed by atoms with Gasteiger partial charge in [-0.2, -0.15) is 0 Å². The summed E-state index contributed by atoms with van der Waals surface area (Å²) in [5.41, 5.74) is -0.0188. The third-order valence-electron chi connectivity index (χ3n) is 4.00. The molecular formula is C16H19FN2O2. The Morgan fingerprint density at radius 3 is 3.10 bits per heavy atom. The SMILES string of the molecule is O=c1c2cccc(F)c2ncn1CCCC[C@@H]1CCCO1. The molecule has 2 heterocycles. The molecule has 0 bridgehead atoms. The van der Waals surface area contributed by atoms with Crippen molar-refractivity contribution in [3.8, 4) is 0 Å². The van der Waals surface area contributed by atoms with E-state index in [4.69, 9.17) is 4.74 Å². The standard InChI is InChI=1S/C16H19FN2O2/c17-14-8-3-7-13-15(14)18-11-19(16(13)20)9-2-1-5-12-6-4-10-21-12/h3,7-8,11-12H,1-2,4-6,9-10H2/t12-/m1/s1. The van der Waals surface area contributed by atoms with Crippen molar-refractivity contribution in [2.75, 3.05) is 6.61 Å². The molecule has 1 aliphatic heterocycles. The molecule has 0 saturated carbocycles. The van der Waals surface area contributed by atoms with Crippen molar-refractivity contribution in [2.24, 2.45) is 0 Å². The van der Waals surface area contributed by atoms with Crippen LogP contribution in [0.25, 0.3) is 10.9 Å². The predicted molar refractivity (Wildman–Crippen MR) is 78.8 cm³/mol. The van der Waals surface area contributed by atoms with Crippen LogP contribution >= 0.6 is 0 Å². The van der Waals surface area contributed by atoms with Crippen molar-refractivity contribution < 1.29 is 9.13 Å². The Hall–Kier alpha value is -1.75. The van der Waals surface area contributed by atoms with Crippen LogP contribution in [-0.4, -0.2) is 22.3 Å². The van der Waals surface area contributed by atoms with E-state index < -0.39 is 5.82 Å². The maximum atomic E-state index is 13.6. The number of rotatable bonds is 5. The average Bonchev–Trinajstić information content (AvgIpc) is 3.00. The minimum absolute atomic E-state index is 0.151. The number of hydrogen-bond donors (Lipinski definition) is 0. The second-order valence-electron chi connectivity index (χ2n) is 5.51. The monoisotopic (exact) mass is 290 g/mol. The molecule has 0 aliphatic carbocycles. The number of hydrogen-bond acceptors (Lipinski definition) is 3. The van der Waals surface area contributed by atoms with Gasteiger partial charge in [0.15, 0.2) is 0 Å². The average molecular weight is 290 g/mol. The summed E-state index contributed by atoms with van der Waals surface area (Å²) in [4.78, 5) is 16.3. The Kier molecular flexibility index (Phi) is 4.29. The molecule has 21 heavy (non-hydrogen) atoms. The molecule has 1 aliphatic rings. The van der Waals surface area contributed by atoms with E-state index in [2.05, 4.69) is 4.98 Å². The first-order valence-electron chi connectivity index (χ1n) is 7.51. The summed E-state index contributed by atoms with van der Waals surface area (Å²) in [5.74, 6) is -0.449. The number of benzene rings is 1. The van der Waals surface area contributed by atoms with Gasteiger partial charge in [0.25, 0.3) is 5.56 Å². The van der Waals surface area contributed by atoms with Gasteiger partial charge in [-0.25, -0.2) is 9.37 Å². The minimum Gasteiger partial charge on any atom is -0.378 e. The molecule has 112 valence electrons. The molecule has 0 radical (unpaired) electrons. The molecule has 1 saturated heterocycles. The summed E-state index contributed by atoms with van der Waals surface area (Å²) in [7, 11) is 0. The highest BCUT2D eigenvalue weighted by Crippen LogP contribution is 2.18. The van der Waals surface area contributed by atoms with Crippen LogP contribution in [0.15, 0.2) is 29.3 Å². The van der Waals surface area contributed by atoms with Gasteiger partial charge in [0, 0.05) is 13.2 Å². The quantitative estimate of drug-likeness (QED) is 0.795. The molecule has 1 aromatic carbocycles. The Morgan fingerprint density at radius 1 is 1.38 bits per heavy atom. The zero-order chi connectivity index (χ0) is 14.7. The number of fused-ring (bicyclic) bond motifs is 1. The lowest BCUT2D eigenvalue weighted by Crippen LogP contribution is -2.21. The molecule has 5 heteroatoms. The van der Waals surface area contributed by atoms with Crippen LogP contribution in [0.3, 0.4) is 0 Å². The van der Waals surface area contributed by atoms with Gasteiger partial charge in [0.2, 0.25) is 0 Å². The van der Waals surface area contributed by atoms with Gasteiger partial charge < -0.3 is 4.74 Å². The molecule has 2 aromatic rings. The zero-order valence-electron chi connectivity index (χ0n) is 11.9. The third-order valence-corrected chi connectivity index (χ3v) is 4.00. The van der Waals surface area contributed by atoms with E-state index in [1.165, 1.54) is 12.4 Å². The van der Waals surface area contributed by atoms with Crippen LogP contribution in [0.1, 0.15) is 32.1 Å². The number of para-hydroxylation sites is 1. The van der Waals surface area contributed by atoms with Gasteiger partial charge in [-0.15, -0.1) is 0 Å². The molecule has 4 nitrogen and oxygen atoms in total. The van der Waals surface area contributed by atoms with Crippen molar-refractivity contribution in [1.82, 2.24) is 9.55 Å². The Labute approximate surface area is 122 Å². The second kappa shape index (κ2) is 6.35. The maximum absolute atomic E-state index is 13.6.